The van der Waals surface area contributed by atoms with Gasteiger partial charge in [0.25, 0.3) is 0 Å². The summed E-state index contributed by atoms with van der Waals surface area (Å²) in [5.74, 6) is 0.196. The van der Waals surface area contributed by atoms with Gasteiger partial charge in [0.05, 0.1) is 6.07 Å². The van der Waals surface area contributed by atoms with E-state index in [4.69, 9.17) is 0 Å². The molecule has 21 heavy (non-hydrogen) atoms. The van der Waals surface area contributed by atoms with E-state index >= 15 is 0 Å². The average Bonchev–Trinajstić information content (AvgIpc) is 2.54. The van der Waals surface area contributed by atoms with Gasteiger partial charge in [-0.05, 0) is 24.2 Å². The van der Waals surface area contributed by atoms with Gasteiger partial charge in [-0.2, -0.15) is 5.26 Å². The predicted octanol–water partition coefficient (Wildman–Crippen LogP) is 3.95. The van der Waals surface area contributed by atoms with Crippen LogP contribution in [0.5, 0.6) is 0 Å². The molecule has 0 aliphatic heterocycles. The smallest absolute Gasteiger partial charge is 0.141 e. The van der Waals surface area contributed by atoms with Crippen LogP contribution in [0.1, 0.15) is 12.5 Å². The highest BCUT2D eigenvalue weighted by molar-refractivity contribution is 7.99. The maximum absolute atomic E-state index is 13.7. The SMILES string of the molecule is CCNC(C#N)(CSc1ccccc1F)c1ccccc1. The molecule has 0 saturated heterocycles. The van der Waals surface area contributed by atoms with E-state index in [-0.39, 0.29) is 5.82 Å². The van der Waals surface area contributed by atoms with E-state index in [0.717, 1.165) is 5.56 Å². The Hall–Kier alpha value is -1.83. The van der Waals surface area contributed by atoms with Crippen molar-refractivity contribution in [1.29, 1.82) is 5.26 Å². The van der Waals surface area contributed by atoms with Crippen molar-refractivity contribution in [3.05, 3.63) is 66.0 Å². The van der Waals surface area contributed by atoms with Gasteiger partial charge in [-0.25, -0.2) is 4.39 Å². The Labute approximate surface area is 129 Å². The quantitative estimate of drug-likeness (QED) is 0.821. The van der Waals surface area contributed by atoms with Crippen LogP contribution in [0.25, 0.3) is 0 Å². The largest absolute Gasteiger partial charge is 0.295 e. The maximum Gasteiger partial charge on any atom is 0.141 e. The fourth-order valence-corrected chi connectivity index (χ4v) is 3.23. The molecule has 4 heteroatoms. The molecule has 108 valence electrons. The fourth-order valence-electron chi connectivity index (χ4n) is 2.15. The van der Waals surface area contributed by atoms with Gasteiger partial charge in [-0.3, -0.25) is 5.32 Å². The summed E-state index contributed by atoms with van der Waals surface area (Å²) in [7, 11) is 0. The fraction of sp³-hybridized carbons (Fsp3) is 0.235. The van der Waals surface area contributed by atoms with Gasteiger partial charge >= 0.3 is 0 Å². The van der Waals surface area contributed by atoms with Crippen molar-refractivity contribution >= 4 is 11.8 Å². The molecule has 0 aliphatic carbocycles. The van der Waals surface area contributed by atoms with Crippen molar-refractivity contribution in [2.45, 2.75) is 17.4 Å². The molecule has 2 nitrogen and oxygen atoms in total. The van der Waals surface area contributed by atoms with Crippen LogP contribution in [0.15, 0.2) is 59.5 Å². The first-order chi connectivity index (χ1) is 10.2. The maximum atomic E-state index is 13.7. The van der Waals surface area contributed by atoms with Crippen LogP contribution in [-0.2, 0) is 5.54 Å². The number of halogens is 1. The zero-order valence-corrected chi connectivity index (χ0v) is 12.7. The van der Waals surface area contributed by atoms with E-state index in [1.165, 1.54) is 17.8 Å². The zero-order chi connectivity index (χ0) is 15.1. The number of nitriles is 1. The number of rotatable bonds is 6. The van der Waals surface area contributed by atoms with E-state index in [1.54, 1.807) is 18.2 Å². The number of benzene rings is 2. The minimum Gasteiger partial charge on any atom is -0.295 e. The molecule has 1 atom stereocenters. The number of nitrogens with zero attached hydrogens (tertiary/aromatic N) is 1. The van der Waals surface area contributed by atoms with Gasteiger partial charge in [0.15, 0.2) is 0 Å². The van der Waals surface area contributed by atoms with Gasteiger partial charge in [-0.15, -0.1) is 11.8 Å². The first-order valence-electron chi connectivity index (χ1n) is 6.81. The molecule has 2 rings (SSSR count). The first kappa shape index (κ1) is 15.6. The van der Waals surface area contributed by atoms with Crippen molar-refractivity contribution in [3.8, 4) is 6.07 Å². The van der Waals surface area contributed by atoms with Gasteiger partial charge < -0.3 is 0 Å². The Morgan fingerprint density at radius 2 is 1.81 bits per heavy atom. The summed E-state index contributed by atoms with van der Waals surface area (Å²) in [4.78, 5) is 0.561. The lowest BCUT2D eigenvalue weighted by molar-refractivity contribution is 0.490. The van der Waals surface area contributed by atoms with E-state index in [9.17, 15) is 9.65 Å². The van der Waals surface area contributed by atoms with Gasteiger partial charge in [0, 0.05) is 10.6 Å². The first-order valence-corrected chi connectivity index (χ1v) is 7.79. The molecule has 2 aromatic rings. The third-order valence-electron chi connectivity index (χ3n) is 3.22. The molecular formula is C17H17FN2S. The second kappa shape index (κ2) is 7.26. The predicted molar refractivity (Wildman–Crippen MR) is 84.5 cm³/mol. The summed E-state index contributed by atoms with van der Waals surface area (Å²) in [6.07, 6.45) is 0. The molecule has 1 N–H and O–H groups in total. The Balaban J connectivity index is 2.26. The summed E-state index contributed by atoms with van der Waals surface area (Å²) >= 11 is 1.35. The lowest BCUT2D eigenvalue weighted by atomic mass is 9.93. The second-order valence-electron chi connectivity index (χ2n) is 4.63. The summed E-state index contributed by atoms with van der Waals surface area (Å²) in [5.41, 5.74) is 0.0846. The molecule has 0 radical (unpaired) electrons. The Morgan fingerprint density at radius 3 is 2.43 bits per heavy atom. The third-order valence-corrected chi connectivity index (χ3v) is 4.44. The number of nitrogens with one attached hydrogen (secondary N) is 1. The van der Waals surface area contributed by atoms with Crippen LogP contribution in [0, 0.1) is 17.1 Å². The van der Waals surface area contributed by atoms with E-state index in [1.807, 2.05) is 37.3 Å². The Kier molecular flexibility index (Phi) is 5.38. The summed E-state index contributed by atoms with van der Waals surface area (Å²) in [6.45, 7) is 2.63. The average molecular weight is 300 g/mol. The number of thioether (sulfide) groups is 1. The van der Waals surface area contributed by atoms with Crippen LogP contribution < -0.4 is 5.32 Å². The van der Waals surface area contributed by atoms with E-state index in [2.05, 4.69) is 11.4 Å². The molecule has 0 saturated carbocycles. The van der Waals surface area contributed by atoms with Crippen LogP contribution in [0.2, 0.25) is 0 Å². The Bertz CT molecular complexity index is 624. The van der Waals surface area contributed by atoms with Crippen LogP contribution in [0.3, 0.4) is 0 Å². The van der Waals surface area contributed by atoms with Crippen LogP contribution in [0.4, 0.5) is 4.39 Å². The van der Waals surface area contributed by atoms with E-state index < -0.39 is 5.54 Å². The van der Waals surface area contributed by atoms with E-state index in [0.29, 0.717) is 17.2 Å². The molecular weight excluding hydrogens is 283 g/mol. The van der Waals surface area contributed by atoms with Gasteiger partial charge in [-0.1, -0.05) is 49.4 Å². The molecule has 1 unspecified atom stereocenters. The molecule has 0 amide bonds. The highest BCUT2D eigenvalue weighted by Crippen LogP contribution is 2.30. The lowest BCUT2D eigenvalue weighted by Gasteiger charge is -2.27. The van der Waals surface area contributed by atoms with Gasteiger partial charge in [0.2, 0.25) is 0 Å². The van der Waals surface area contributed by atoms with Crippen molar-refractivity contribution in [2.75, 3.05) is 12.3 Å². The van der Waals surface area contributed by atoms with Crippen molar-refractivity contribution in [3.63, 3.8) is 0 Å². The molecule has 0 aromatic heterocycles. The second-order valence-corrected chi connectivity index (χ2v) is 5.65. The summed E-state index contributed by atoms with van der Waals surface area (Å²) in [5, 5.41) is 12.9. The molecule has 0 bridgehead atoms. The minimum atomic E-state index is -0.817. The van der Waals surface area contributed by atoms with Crippen molar-refractivity contribution in [1.82, 2.24) is 5.32 Å². The number of hydrogen-bond donors (Lipinski definition) is 1. The molecule has 0 heterocycles. The van der Waals surface area contributed by atoms with Gasteiger partial charge in [0.1, 0.15) is 11.4 Å². The topological polar surface area (TPSA) is 35.8 Å². The highest BCUT2D eigenvalue weighted by Gasteiger charge is 2.31. The number of hydrogen-bond acceptors (Lipinski definition) is 3. The highest BCUT2D eigenvalue weighted by atomic mass is 32.2. The Morgan fingerprint density at radius 1 is 1.14 bits per heavy atom. The molecule has 0 fully saturated rings. The monoisotopic (exact) mass is 300 g/mol. The molecule has 0 spiro atoms. The van der Waals surface area contributed by atoms with Crippen molar-refractivity contribution < 1.29 is 4.39 Å². The summed E-state index contributed by atoms with van der Waals surface area (Å²) < 4.78 is 13.7. The van der Waals surface area contributed by atoms with Crippen LogP contribution >= 0.6 is 11.8 Å². The minimum absolute atomic E-state index is 0.251. The third kappa shape index (κ3) is 3.63. The molecule has 0 aliphatic rings. The molecule has 2 aromatic carbocycles. The normalized spacial score (nSPS) is 13.4. The lowest BCUT2D eigenvalue weighted by Crippen LogP contribution is -2.43. The van der Waals surface area contributed by atoms with Crippen molar-refractivity contribution in [2.24, 2.45) is 0 Å². The zero-order valence-electron chi connectivity index (χ0n) is 11.8. The van der Waals surface area contributed by atoms with Crippen LogP contribution in [-0.4, -0.2) is 12.3 Å². The summed E-state index contributed by atoms with van der Waals surface area (Å²) in [6, 6.07) is 18.6. The standard InChI is InChI=1S/C17H17FN2S/c1-2-20-17(12-19,14-8-4-3-5-9-14)13-21-16-11-7-6-10-15(16)18/h3-11,20H,2,13H2,1H3.